The molecule has 1 aromatic carbocycles. The fourth-order valence-electron chi connectivity index (χ4n) is 3.40. The van der Waals surface area contributed by atoms with Crippen LogP contribution in [0.15, 0.2) is 34.8 Å². The van der Waals surface area contributed by atoms with Crippen molar-refractivity contribution < 1.29 is 0 Å². The molecule has 1 aliphatic rings. The molecule has 114 valence electrons. The minimum Gasteiger partial charge on any atom is -0.251 e. The van der Waals surface area contributed by atoms with Crippen LogP contribution >= 0.6 is 27.3 Å². The second-order valence-electron chi connectivity index (χ2n) is 6.16. The third-order valence-corrected chi connectivity index (χ3v) is 6.32. The van der Waals surface area contributed by atoms with Gasteiger partial charge in [0.1, 0.15) is 4.83 Å². The highest BCUT2D eigenvalue weighted by atomic mass is 79.9. The van der Waals surface area contributed by atoms with Crippen molar-refractivity contribution in [2.75, 3.05) is 0 Å². The highest BCUT2D eigenvalue weighted by molar-refractivity contribution is 9.10. The molecule has 4 heteroatoms. The van der Waals surface area contributed by atoms with E-state index in [0.717, 1.165) is 4.47 Å². The molecule has 3 aromatic rings. The van der Waals surface area contributed by atoms with Crippen molar-refractivity contribution in [3.8, 4) is 10.4 Å². The van der Waals surface area contributed by atoms with Gasteiger partial charge in [-0.25, -0.2) is 0 Å². The van der Waals surface area contributed by atoms with E-state index in [9.17, 15) is 0 Å². The molecule has 0 N–H and O–H groups in total. The number of rotatable bonds is 2. The Morgan fingerprint density at radius 2 is 1.86 bits per heavy atom. The third-order valence-electron chi connectivity index (χ3n) is 4.62. The van der Waals surface area contributed by atoms with Crippen LogP contribution < -0.4 is 0 Å². The Balaban J connectivity index is 1.78. The molecule has 2 nitrogen and oxygen atoms in total. The van der Waals surface area contributed by atoms with Gasteiger partial charge in [-0.3, -0.25) is 4.68 Å². The predicted octanol–water partition coefficient (Wildman–Crippen LogP) is 6.34. The summed E-state index contributed by atoms with van der Waals surface area (Å²) in [4.78, 5) is 2.69. The van der Waals surface area contributed by atoms with Gasteiger partial charge in [0.15, 0.2) is 0 Å². The topological polar surface area (TPSA) is 17.8 Å². The summed E-state index contributed by atoms with van der Waals surface area (Å²) in [5.74, 6) is 0. The molecule has 2 heterocycles. The molecule has 0 amide bonds. The van der Waals surface area contributed by atoms with Crippen molar-refractivity contribution in [1.82, 2.24) is 9.78 Å². The highest BCUT2D eigenvalue weighted by Gasteiger charge is 2.21. The van der Waals surface area contributed by atoms with E-state index in [1.807, 2.05) is 11.3 Å². The number of aromatic nitrogens is 2. The Morgan fingerprint density at radius 3 is 2.59 bits per heavy atom. The van der Waals surface area contributed by atoms with Gasteiger partial charge in [-0.05, 0) is 43.5 Å². The molecule has 0 bridgehead atoms. The number of halogens is 1. The maximum Gasteiger partial charge on any atom is 0.122 e. The Bertz CT molecular complexity index is 794. The first-order valence-corrected chi connectivity index (χ1v) is 9.58. The maximum absolute atomic E-state index is 4.84. The number of fused-ring (bicyclic) bond motifs is 1. The normalized spacial score (nSPS) is 16.5. The zero-order valence-corrected chi connectivity index (χ0v) is 15.1. The first kappa shape index (κ1) is 14.5. The van der Waals surface area contributed by atoms with Gasteiger partial charge in [0, 0.05) is 14.7 Å². The van der Waals surface area contributed by atoms with E-state index in [1.165, 1.54) is 58.5 Å². The summed E-state index contributed by atoms with van der Waals surface area (Å²) in [6, 6.07) is 11.5. The van der Waals surface area contributed by atoms with E-state index >= 15 is 0 Å². The van der Waals surface area contributed by atoms with Crippen LogP contribution in [0.2, 0.25) is 0 Å². The lowest BCUT2D eigenvalue weighted by Gasteiger charge is -2.22. The van der Waals surface area contributed by atoms with Gasteiger partial charge < -0.3 is 0 Å². The Morgan fingerprint density at radius 1 is 1.14 bits per heavy atom. The molecule has 1 fully saturated rings. The van der Waals surface area contributed by atoms with E-state index in [-0.39, 0.29) is 0 Å². The largest absolute Gasteiger partial charge is 0.251 e. The van der Waals surface area contributed by atoms with E-state index in [0.29, 0.717) is 6.04 Å². The smallest absolute Gasteiger partial charge is 0.122 e. The number of nitrogens with zero attached hydrogens (tertiary/aromatic N) is 2. The predicted molar refractivity (Wildman–Crippen MR) is 97.6 cm³/mol. The first-order chi connectivity index (χ1) is 10.7. The van der Waals surface area contributed by atoms with Gasteiger partial charge in [-0.2, -0.15) is 5.10 Å². The lowest BCUT2D eigenvalue weighted by atomic mass is 9.96. The number of hydrogen-bond acceptors (Lipinski definition) is 2. The Labute approximate surface area is 143 Å². The fraction of sp³-hybridized carbons (Fsp3) is 0.389. The van der Waals surface area contributed by atoms with Crippen molar-refractivity contribution in [2.45, 2.75) is 45.1 Å². The van der Waals surface area contributed by atoms with Crippen molar-refractivity contribution in [3.63, 3.8) is 0 Å². The van der Waals surface area contributed by atoms with Crippen LogP contribution in [0.5, 0.6) is 0 Å². The standard InChI is InChI=1S/C18H19BrN2S/c1-12-16-11-17(13-7-9-14(19)10-8-13)22-18(16)21(20-12)15-5-3-2-4-6-15/h7-11,15H,2-6H2,1H3. The molecular weight excluding hydrogens is 356 g/mol. The molecule has 22 heavy (non-hydrogen) atoms. The van der Waals surface area contributed by atoms with Crippen LogP contribution in [0, 0.1) is 6.92 Å². The van der Waals surface area contributed by atoms with Crippen LogP contribution in [0.1, 0.15) is 43.8 Å². The second kappa shape index (κ2) is 5.82. The molecule has 0 saturated heterocycles. The maximum atomic E-state index is 4.84. The monoisotopic (exact) mass is 374 g/mol. The van der Waals surface area contributed by atoms with Crippen LogP contribution in [0.3, 0.4) is 0 Å². The minimum atomic E-state index is 0.598. The summed E-state index contributed by atoms with van der Waals surface area (Å²) in [6.07, 6.45) is 6.63. The lowest BCUT2D eigenvalue weighted by molar-refractivity contribution is 0.337. The molecule has 1 saturated carbocycles. The molecule has 2 aromatic heterocycles. The van der Waals surface area contributed by atoms with Crippen molar-refractivity contribution >= 4 is 37.5 Å². The zero-order chi connectivity index (χ0) is 15.1. The summed E-state index contributed by atoms with van der Waals surface area (Å²) in [6.45, 7) is 2.14. The molecule has 0 unspecified atom stereocenters. The van der Waals surface area contributed by atoms with Crippen molar-refractivity contribution in [2.24, 2.45) is 0 Å². The number of aryl methyl sites for hydroxylation is 1. The molecule has 0 atom stereocenters. The fourth-order valence-corrected chi connectivity index (χ4v) is 4.90. The molecular formula is C18H19BrN2S. The van der Waals surface area contributed by atoms with Crippen molar-refractivity contribution in [3.05, 3.63) is 40.5 Å². The quantitative estimate of drug-likeness (QED) is 0.511. The van der Waals surface area contributed by atoms with E-state index in [4.69, 9.17) is 5.10 Å². The summed E-state index contributed by atoms with van der Waals surface area (Å²) in [5.41, 5.74) is 2.46. The first-order valence-electron chi connectivity index (χ1n) is 7.97. The zero-order valence-electron chi connectivity index (χ0n) is 12.7. The van der Waals surface area contributed by atoms with Crippen LogP contribution in [-0.4, -0.2) is 9.78 Å². The molecule has 1 aliphatic carbocycles. The Hall–Kier alpha value is -1.13. The average Bonchev–Trinajstić information content (AvgIpc) is 3.10. The third kappa shape index (κ3) is 2.52. The van der Waals surface area contributed by atoms with Gasteiger partial charge in [0.2, 0.25) is 0 Å². The van der Waals surface area contributed by atoms with E-state index < -0.39 is 0 Å². The minimum absolute atomic E-state index is 0.598. The van der Waals surface area contributed by atoms with E-state index in [1.54, 1.807) is 0 Å². The summed E-state index contributed by atoms with van der Waals surface area (Å²) < 4.78 is 3.44. The van der Waals surface area contributed by atoms with Crippen LogP contribution in [-0.2, 0) is 0 Å². The van der Waals surface area contributed by atoms with Gasteiger partial charge in [-0.15, -0.1) is 11.3 Å². The Kier molecular flexibility index (Phi) is 3.82. The van der Waals surface area contributed by atoms with Gasteiger partial charge in [0.05, 0.1) is 11.7 Å². The second-order valence-corrected chi connectivity index (χ2v) is 8.10. The number of thiophene rings is 1. The lowest BCUT2D eigenvalue weighted by Crippen LogP contribution is -2.13. The molecule has 0 radical (unpaired) electrons. The SMILES string of the molecule is Cc1nn(C2CCCCC2)c2sc(-c3ccc(Br)cc3)cc12. The van der Waals surface area contributed by atoms with Gasteiger partial charge in [0.25, 0.3) is 0 Å². The van der Waals surface area contributed by atoms with Crippen LogP contribution in [0.4, 0.5) is 0 Å². The highest BCUT2D eigenvalue weighted by Crippen LogP contribution is 2.39. The molecule has 4 rings (SSSR count). The summed E-state index contributed by atoms with van der Waals surface area (Å²) in [5, 5.41) is 6.17. The molecule has 0 spiro atoms. The average molecular weight is 375 g/mol. The van der Waals surface area contributed by atoms with E-state index in [2.05, 4.69) is 57.9 Å². The summed E-state index contributed by atoms with van der Waals surface area (Å²) in [7, 11) is 0. The van der Waals surface area contributed by atoms with Crippen LogP contribution in [0.25, 0.3) is 20.7 Å². The van der Waals surface area contributed by atoms with Crippen molar-refractivity contribution in [1.29, 1.82) is 0 Å². The van der Waals surface area contributed by atoms with Gasteiger partial charge in [-0.1, -0.05) is 47.3 Å². The number of benzene rings is 1. The summed E-state index contributed by atoms with van der Waals surface area (Å²) >= 11 is 5.39. The number of hydrogen-bond donors (Lipinski definition) is 0. The van der Waals surface area contributed by atoms with Gasteiger partial charge >= 0.3 is 0 Å². The molecule has 0 aliphatic heterocycles.